The van der Waals surface area contributed by atoms with E-state index < -0.39 is 11.9 Å². The normalized spacial score (nSPS) is 11.2. The molecule has 2 N–H and O–H groups in total. The van der Waals surface area contributed by atoms with Gasteiger partial charge in [-0.1, -0.05) is 6.07 Å². The van der Waals surface area contributed by atoms with E-state index in [0.29, 0.717) is 11.5 Å². The maximum absolute atomic E-state index is 12.6. The van der Waals surface area contributed by atoms with E-state index in [1.54, 1.807) is 18.2 Å². The lowest BCUT2D eigenvalue weighted by molar-refractivity contribution is -0.141. The van der Waals surface area contributed by atoms with Crippen molar-refractivity contribution in [3.8, 4) is 17.2 Å². The summed E-state index contributed by atoms with van der Waals surface area (Å²) in [6.45, 7) is 0. The van der Waals surface area contributed by atoms with Gasteiger partial charge in [-0.05, 0) is 12.1 Å². The number of aromatic nitrogens is 1. The first kappa shape index (κ1) is 14.0. The van der Waals surface area contributed by atoms with E-state index in [1.165, 1.54) is 13.2 Å². The highest BCUT2D eigenvalue weighted by Gasteiger charge is 2.33. The van der Waals surface area contributed by atoms with Crippen molar-refractivity contribution in [1.82, 2.24) is 4.98 Å². The Hall–Kier alpha value is -2.44. The molecule has 0 amide bonds. The van der Waals surface area contributed by atoms with E-state index >= 15 is 0 Å². The first-order valence-electron chi connectivity index (χ1n) is 5.55. The average Bonchev–Trinajstić information content (AvgIpc) is 2.40. The fourth-order valence-electron chi connectivity index (χ4n) is 1.48. The van der Waals surface area contributed by atoms with Crippen LogP contribution in [0.1, 0.15) is 5.69 Å². The van der Waals surface area contributed by atoms with Crippen molar-refractivity contribution in [3.05, 3.63) is 42.2 Å². The van der Waals surface area contributed by atoms with Gasteiger partial charge < -0.3 is 15.2 Å². The fourth-order valence-corrected chi connectivity index (χ4v) is 1.48. The van der Waals surface area contributed by atoms with Crippen LogP contribution in [0.15, 0.2) is 36.5 Å². The summed E-state index contributed by atoms with van der Waals surface area (Å²) in [7, 11) is 1.47. The van der Waals surface area contributed by atoms with E-state index in [9.17, 15) is 13.2 Å². The van der Waals surface area contributed by atoms with Gasteiger partial charge >= 0.3 is 6.18 Å². The van der Waals surface area contributed by atoms with Crippen LogP contribution in [0.4, 0.5) is 18.9 Å². The van der Waals surface area contributed by atoms with Gasteiger partial charge in [-0.15, -0.1) is 0 Å². The summed E-state index contributed by atoms with van der Waals surface area (Å²) in [6.07, 6.45) is -3.64. The summed E-state index contributed by atoms with van der Waals surface area (Å²) in [6, 6.07) is 7.21. The number of hydrogen-bond donors (Lipinski definition) is 1. The summed E-state index contributed by atoms with van der Waals surface area (Å²) >= 11 is 0. The number of hydrogen-bond acceptors (Lipinski definition) is 4. The van der Waals surface area contributed by atoms with Gasteiger partial charge in [0.05, 0.1) is 19.0 Å². The van der Waals surface area contributed by atoms with Crippen molar-refractivity contribution in [3.63, 3.8) is 0 Å². The number of rotatable bonds is 3. The fraction of sp³-hybridized carbons (Fsp3) is 0.154. The molecule has 0 aliphatic heterocycles. The first-order chi connectivity index (χ1) is 9.40. The Kier molecular flexibility index (Phi) is 3.69. The summed E-state index contributed by atoms with van der Waals surface area (Å²) < 4.78 is 48.1. The Morgan fingerprint density at radius 1 is 1.15 bits per heavy atom. The summed E-state index contributed by atoms with van der Waals surface area (Å²) in [4.78, 5) is 3.23. The quantitative estimate of drug-likeness (QED) is 0.937. The Bertz CT molecular complexity index is 615. The third-order valence-electron chi connectivity index (χ3n) is 2.45. The highest BCUT2D eigenvalue weighted by atomic mass is 19.4. The van der Waals surface area contributed by atoms with Gasteiger partial charge in [0.25, 0.3) is 0 Å². The minimum absolute atomic E-state index is 0.0146. The summed E-state index contributed by atoms with van der Waals surface area (Å²) in [5, 5.41) is 0. The maximum Gasteiger partial charge on any atom is 0.433 e. The zero-order chi connectivity index (χ0) is 14.8. The molecule has 0 aliphatic rings. The van der Waals surface area contributed by atoms with E-state index in [4.69, 9.17) is 15.2 Å². The van der Waals surface area contributed by atoms with Crippen molar-refractivity contribution in [2.24, 2.45) is 0 Å². The predicted octanol–water partition coefficient (Wildman–Crippen LogP) is 3.48. The Morgan fingerprint density at radius 2 is 1.85 bits per heavy atom. The Labute approximate surface area is 113 Å². The largest absolute Gasteiger partial charge is 0.497 e. The van der Waals surface area contributed by atoms with Crippen LogP contribution in [-0.2, 0) is 6.18 Å². The number of alkyl halides is 3. The van der Waals surface area contributed by atoms with Gasteiger partial charge in [0.2, 0.25) is 0 Å². The number of methoxy groups -OCH3 is 1. The lowest BCUT2D eigenvalue weighted by atomic mass is 10.3. The van der Waals surface area contributed by atoms with E-state index in [1.807, 2.05) is 0 Å². The molecule has 0 spiro atoms. The first-order valence-corrected chi connectivity index (χ1v) is 5.55. The van der Waals surface area contributed by atoms with Crippen LogP contribution in [0.2, 0.25) is 0 Å². The Balaban J connectivity index is 2.32. The molecule has 1 aromatic heterocycles. The molecule has 0 aliphatic carbocycles. The SMILES string of the molecule is COc1cccc(Oc2cc(C(F)(F)F)ncc2N)c1. The minimum atomic E-state index is -4.56. The van der Waals surface area contributed by atoms with Crippen LogP contribution in [0.25, 0.3) is 0 Å². The molecule has 2 aromatic rings. The van der Waals surface area contributed by atoms with E-state index in [-0.39, 0.29) is 11.4 Å². The molecule has 0 bridgehead atoms. The second kappa shape index (κ2) is 5.28. The molecule has 1 aromatic carbocycles. The zero-order valence-electron chi connectivity index (χ0n) is 10.4. The highest BCUT2D eigenvalue weighted by molar-refractivity contribution is 5.53. The van der Waals surface area contributed by atoms with E-state index in [0.717, 1.165) is 12.3 Å². The number of nitrogens with two attached hydrogens (primary N) is 1. The lowest BCUT2D eigenvalue weighted by Crippen LogP contribution is -2.08. The molecule has 1 heterocycles. The summed E-state index contributed by atoms with van der Waals surface area (Å²) in [5.74, 6) is 0.724. The number of anilines is 1. The second-order valence-electron chi connectivity index (χ2n) is 3.89. The van der Waals surface area contributed by atoms with Crippen molar-refractivity contribution in [1.29, 1.82) is 0 Å². The van der Waals surface area contributed by atoms with Crippen molar-refractivity contribution >= 4 is 5.69 Å². The molecule has 0 fully saturated rings. The molecule has 0 atom stereocenters. The third kappa shape index (κ3) is 3.11. The number of nitrogens with zero attached hydrogens (tertiary/aromatic N) is 1. The number of pyridine rings is 1. The van der Waals surface area contributed by atoms with Crippen LogP contribution in [0.3, 0.4) is 0 Å². The van der Waals surface area contributed by atoms with Gasteiger partial charge in [-0.3, -0.25) is 0 Å². The minimum Gasteiger partial charge on any atom is -0.497 e. The molecule has 0 saturated heterocycles. The molecule has 0 unspecified atom stereocenters. The standard InChI is InChI=1S/C13H11F3N2O2/c1-19-8-3-2-4-9(5-8)20-11-6-12(13(14,15)16)18-7-10(11)17/h2-7H,17H2,1H3. The smallest absolute Gasteiger partial charge is 0.433 e. The molecule has 20 heavy (non-hydrogen) atoms. The molecule has 7 heteroatoms. The average molecular weight is 284 g/mol. The number of ether oxygens (including phenoxy) is 2. The van der Waals surface area contributed by atoms with Gasteiger partial charge in [0, 0.05) is 12.1 Å². The number of halogens is 3. The van der Waals surface area contributed by atoms with Crippen LogP contribution in [-0.4, -0.2) is 12.1 Å². The monoisotopic (exact) mass is 284 g/mol. The molecule has 0 radical (unpaired) electrons. The molecular weight excluding hydrogens is 273 g/mol. The van der Waals surface area contributed by atoms with Crippen LogP contribution in [0.5, 0.6) is 17.2 Å². The van der Waals surface area contributed by atoms with Crippen molar-refractivity contribution in [2.75, 3.05) is 12.8 Å². The Morgan fingerprint density at radius 3 is 2.50 bits per heavy atom. The molecule has 4 nitrogen and oxygen atoms in total. The van der Waals surface area contributed by atoms with Crippen molar-refractivity contribution < 1.29 is 22.6 Å². The van der Waals surface area contributed by atoms with Gasteiger partial charge in [0.1, 0.15) is 17.2 Å². The van der Waals surface area contributed by atoms with Gasteiger partial charge in [-0.25, -0.2) is 4.98 Å². The third-order valence-corrected chi connectivity index (χ3v) is 2.45. The number of benzene rings is 1. The van der Waals surface area contributed by atoms with Gasteiger partial charge in [-0.2, -0.15) is 13.2 Å². The van der Waals surface area contributed by atoms with E-state index in [2.05, 4.69) is 4.98 Å². The highest BCUT2D eigenvalue weighted by Crippen LogP contribution is 2.34. The lowest BCUT2D eigenvalue weighted by Gasteiger charge is -2.12. The zero-order valence-corrected chi connectivity index (χ0v) is 10.4. The van der Waals surface area contributed by atoms with Crippen LogP contribution in [0, 0.1) is 0 Å². The maximum atomic E-state index is 12.6. The summed E-state index contributed by atoms with van der Waals surface area (Å²) in [5.41, 5.74) is 4.51. The molecule has 0 saturated carbocycles. The topological polar surface area (TPSA) is 57.4 Å². The van der Waals surface area contributed by atoms with Crippen LogP contribution < -0.4 is 15.2 Å². The number of nitrogen functional groups attached to an aromatic ring is 1. The van der Waals surface area contributed by atoms with Crippen LogP contribution >= 0.6 is 0 Å². The van der Waals surface area contributed by atoms with Gasteiger partial charge in [0.15, 0.2) is 5.75 Å². The second-order valence-corrected chi connectivity index (χ2v) is 3.89. The van der Waals surface area contributed by atoms with Crippen molar-refractivity contribution in [2.45, 2.75) is 6.18 Å². The predicted molar refractivity (Wildman–Crippen MR) is 66.7 cm³/mol. The molecule has 106 valence electrons. The molecular formula is C13H11F3N2O2. The molecule has 2 rings (SSSR count).